The Kier molecular flexibility index (Phi) is 5.28. The van der Waals surface area contributed by atoms with Gasteiger partial charge in [0, 0.05) is 19.3 Å². The summed E-state index contributed by atoms with van der Waals surface area (Å²) in [4.78, 5) is 26.1. The van der Waals surface area contributed by atoms with Crippen LogP contribution in [0.5, 0.6) is 5.75 Å². The van der Waals surface area contributed by atoms with Crippen LogP contribution in [0.3, 0.4) is 0 Å². The van der Waals surface area contributed by atoms with E-state index in [1.165, 1.54) is 0 Å². The van der Waals surface area contributed by atoms with Crippen LogP contribution in [0.25, 0.3) is 0 Å². The van der Waals surface area contributed by atoms with Gasteiger partial charge in [-0.25, -0.2) is 9.97 Å². The number of rotatable bonds is 5. The highest BCUT2D eigenvalue weighted by atomic mass is 16.5. The van der Waals surface area contributed by atoms with Gasteiger partial charge in [0.15, 0.2) is 5.82 Å². The van der Waals surface area contributed by atoms with E-state index in [1.807, 2.05) is 43.3 Å². The molecule has 0 spiro atoms. The molecule has 0 N–H and O–H groups in total. The Morgan fingerprint density at radius 2 is 2.12 bits per heavy atom. The van der Waals surface area contributed by atoms with E-state index in [0.29, 0.717) is 17.9 Å². The Morgan fingerprint density at radius 3 is 2.88 bits per heavy atom. The SMILES string of the molecule is COc1ccccc1C(=O)N1CCCC1c1nccc(CN(C)C)n1. The number of aromatic nitrogens is 2. The lowest BCUT2D eigenvalue weighted by Gasteiger charge is -2.24. The van der Waals surface area contributed by atoms with Gasteiger partial charge in [0.1, 0.15) is 5.75 Å². The largest absolute Gasteiger partial charge is 0.496 e. The number of hydrogen-bond donors (Lipinski definition) is 0. The number of ether oxygens (including phenoxy) is 1. The first-order valence-corrected chi connectivity index (χ1v) is 8.50. The normalized spacial score (nSPS) is 17.1. The molecule has 1 aromatic heterocycles. The maximum atomic E-state index is 13.1. The molecular weight excluding hydrogens is 316 g/mol. The third-order valence-corrected chi connectivity index (χ3v) is 4.36. The molecule has 0 radical (unpaired) electrons. The first-order valence-electron chi connectivity index (χ1n) is 8.50. The monoisotopic (exact) mass is 340 g/mol. The van der Waals surface area contributed by atoms with Crippen LogP contribution in [0.15, 0.2) is 36.5 Å². The average Bonchev–Trinajstić information content (AvgIpc) is 3.10. The van der Waals surface area contributed by atoms with E-state index < -0.39 is 0 Å². The van der Waals surface area contributed by atoms with Crippen molar-refractivity contribution in [3.8, 4) is 5.75 Å². The van der Waals surface area contributed by atoms with Crippen LogP contribution in [-0.4, -0.2) is 53.4 Å². The molecule has 0 saturated carbocycles. The van der Waals surface area contributed by atoms with Crippen molar-refractivity contribution < 1.29 is 9.53 Å². The maximum Gasteiger partial charge on any atom is 0.258 e. The third kappa shape index (κ3) is 3.79. The zero-order valence-corrected chi connectivity index (χ0v) is 15.0. The summed E-state index contributed by atoms with van der Waals surface area (Å²) in [5.74, 6) is 1.29. The number of likely N-dealkylation sites (tertiary alicyclic amines) is 1. The highest BCUT2D eigenvalue weighted by Crippen LogP contribution is 2.32. The molecule has 0 bridgehead atoms. The number of benzene rings is 1. The molecule has 25 heavy (non-hydrogen) atoms. The van der Waals surface area contributed by atoms with Gasteiger partial charge in [-0.3, -0.25) is 4.79 Å². The summed E-state index contributed by atoms with van der Waals surface area (Å²) < 4.78 is 5.35. The van der Waals surface area contributed by atoms with Crippen LogP contribution in [0.1, 0.15) is 40.8 Å². The van der Waals surface area contributed by atoms with E-state index in [2.05, 4.69) is 14.9 Å². The lowest BCUT2D eigenvalue weighted by atomic mass is 10.1. The molecule has 3 rings (SSSR count). The van der Waals surface area contributed by atoms with Crippen LogP contribution < -0.4 is 4.74 Å². The molecule has 1 aromatic carbocycles. The average molecular weight is 340 g/mol. The van der Waals surface area contributed by atoms with Crippen LogP contribution in [-0.2, 0) is 6.54 Å². The molecule has 1 atom stereocenters. The molecule has 2 aromatic rings. The molecule has 6 nitrogen and oxygen atoms in total. The van der Waals surface area contributed by atoms with Gasteiger partial charge in [-0.1, -0.05) is 12.1 Å². The Bertz CT molecular complexity index is 748. The van der Waals surface area contributed by atoms with Gasteiger partial charge in [0.2, 0.25) is 0 Å². The fourth-order valence-electron chi connectivity index (χ4n) is 3.24. The van der Waals surface area contributed by atoms with Gasteiger partial charge in [-0.15, -0.1) is 0 Å². The lowest BCUT2D eigenvalue weighted by molar-refractivity contribution is 0.0726. The summed E-state index contributed by atoms with van der Waals surface area (Å²) in [6.45, 7) is 1.46. The van der Waals surface area contributed by atoms with E-state index in [1.54, 1.807) is 19.4 Å². The molecule has 132 valence electrons. The topological polar surface area (TPSA) is 58.6 Å². The van der Waals surface area contributed by atoms with Crippen LogP contribution in [0, 0.1) is 0 Å². The number of amides is 1. The predicted octanol–water partition coefficient (Wildman–Crippen LogP) is 2.52. The lowest BCUT2D eigenvalue weighted by Crippen LogP contribution is -2.32. The number of carbonyl (C=O) groups is 1. The van der Waals surface area contributed by atoms with Crippen molar-refractivity contribution in [1.29, 1.82) is 0 Å². The van der Waals surface area contributed by atoms with Crippen LogP contribution >= 0.6 is 0 Å². The van der Waals surface area contributed by atoms with E-state index in [9.17, 15) is 4.79 Å². The second-order valence-electron chi connectivity index (χ2n) is 6.50. The van der Waals surface area contributed by atoms with Crippen molar-refractivity contribution >= 4 is 5.91 Å². The van der Waals surface area contributed by atoms with Crippen molar-refractivity contribution in [2.45, 2.75) is 25.4 Å². The molecule has 1 fully saturated rings. The predicted molar refractivity (Wildman–Crippen MR) is 95.4 cm³/mol. The molecule has 1 aliphatic heterocycles. The summed E-state index contributed by atoms with van der Waals surface area (Å²) in [6.07, 6.45) is 3.62. The van der Waals surface area contributed by atoms with E-state index in [4.69, 9.17) is 4.74 Å². The van der Waals surface area contributed by atoms with Gasteiger partial charge in [0.05, 0.1) is 24.4 Å². The Hall–Kier alpha value is -2.47. The second kappa shape index (κ2) is 7.61. The Balaban J connectivity index is 1.86. The summed E-state index contributed by atoms with van der Waals surface area (Å²) in [5, 5.41) is 0. The maximum absolute atomic E-state index is 13.1. The molecule has 0 aliphatic carbocycles. The number of para-hydroxylation sites is 1. The van der Waals surface area contributed by atoms with E-state index >= 15 is 0 Å². The Morgan fingerprint density at radius 1 is 1.32 bits per heavy atom. The molecule has 1 amide bonds. The molecular formula is C19H24N4O2. The van der Waals surface area contributed by atoms with Crippen molar-refractivity contribution in [2.75, 3.05) is 27.7 Å². The number of carbonyl (C=O) groups excluding carboxylic acids is 1. The summed E-state index contributed by atoms with van der Waals surface area (Å²) in [7, 11) is 5.60. The summed E-state index contributed by atoms with van der Waals surface area (Å²) >= 11 is 0. The van der Waals surface area contributed by atoms with Crippen LogP contribution in [0.2, 0.25) is 0 Å². The summed E-state index contributed by atoms with van der Waals surface area (Å²) in [6, 6.07) is 9.18. The van der Waals surface area contributed by atoms with Crippen molar-refractivity contribution in [1.82, 2.24) is 19.8 Å². The van der Waals surface area contributed by atoms with Gasteiger partial charge < -0.3 is 14.5 Å². The summed E-state index contributed by atoms with van der Waals surface area (Å²) in [5.41, 5.74) is 1.55. The van der Waals surface area contributed by atoms with Crippen LogP contribution in [0.4, 0.5) is 0 Å². The van der Waals surface area contributed by atoms with Crippen molar-refractivity contribution in [3.63, 3.8) is 0 Å². The first kappa shape index (κ1) is 17.4. The highest BCUT2D eigenvalue weighted by molar-refractivity contribution is 5.97. The van der Waals surface area contributed by atoms with Crippen molar-refractivity contribution in [3.05, 3.63) is 53.6 Å². The van der Waals surface area contributed by atoms with Crippen molar-refractivity contribution in [2.24, 2.45) is 0 Å². The zero-order valence-electron chi connectivity index (χ0n) is 15.0. The molecule has 1 saturated heterocycles. The highest BCUT2D eigenvalue weighted by Gasteiger charge is 2.33. The fraction of sp³-hybridized carbons (Fsp3) is 0.421. The molecule has 1 aliphatic rings. The minimum Gasteiger partial charge on any atom is -0.496 e. The minimum absolute atomic E-state index is 0.0263. The zero-order chi connectivity index (χ0) is 17.8. The first-order chi connectivity index (χ1) is 12.1. The standard InChI is InChI=1S/C19H24N4O2/c1-22(2)13-14-10-11-20-18(21-14)16-8-6-12-23(16)19(24)15-7-4-5-9-17(15)25-3/h4-5,7,9-11,16H,6,8,12-13H2,1-3H3. The van der Waals surface area contributed by atoms with E-state index in [0.717, 1.165) is 30.9 Å². The number of methoxy groups -OCH3 is 1. The van der Waals surface area contributed by atoms with Gasteiger partial charge >= 0.3 is 0 Å². The third-order valence-electron chi connectivity index (χ3n) is 4.36. The smallest absolute Gasteiger partial charge is 0.258 e. The number of hydrogen-bond acceptors (Lipinski definition) is 5. The van der Waals surface area contributed by atoms with E-state index in [-0.39, 0.29) is 11.9 Å². The quantitative estimate of drug-likeness (QED) is 0.837. The second-order valence-corrected chi connectivity index (χ2v) is 6.50. The minimum atomic E-state index is -0.0838. The fourth-order valence-corrected chi connectivity index (χ4v) is 3.24. The molecule has 2 heterocycles. The van der Waals surface area contributed by atoms with Gasteiger partial charge in [-0.05, 0) is 45.1 Å². The Labute approximate surface area is 148 Å². The molecule has 1 unspecified atom stereocenters. The van der Waals surface area contributed by atoms with Gasteiger partial charge in [0.25, 0.3) is 5.91 Å². The number of nitrogens with zero attached hydrogens (tertiary/aromatic N) is 4. The molecule has 6 heteroatoms. The van der Waals surface area contributed by atoms with Gasteiger partial charge in [-0.2, -0.15) is 0 Å².